The minimum atomic E-state index is -0.349. The molecule has 27 heavy (non-hydrogen) atoms. The van der Waals surface area contributed by atoms with Gasteiger partial charge in [-0.3, -0.25) is 9.79 Å². The molecule has 2 rings (SSSR count). The number of guanidine groups is 1. The summed E-state index contributed by atoms with van der Waals surface area (Å²) >= 11 is 0. The Kier molecular flexibility index (Phi) is 7.95. The summed E-state index contributed by atoms with van der Waals surface area (Å²) in [5.74, 6) is 1.79. The third kappa shape index (κ3) is 6.15. The van der Waals surface area contributed by atoms with Crippen molar-refractivity contribution in [3.05, 3.63) is 30.3 Å². The fourth-order valence-corrected chi connectivity index (χ4v) is 3.55. The maximum absolute atomic E-state index is 12.7. The molecule has 1 atom stereocenters. The van der Waals surface area contributed by atoms with Crippen LogP contribution in [0.15, 0.2) is 35.3 Å². The number of nitrogens with one attached hydrogen (secondary N) is 2. The van der Waals surface area contributed by atoms with Crippen LogP contribution in [0, 0.1) is 5.41 Å². The van der Waals surface area contributed by atoms with Crippen LogP contribution in [0.5, 0.6) is 5.75 Å². The first-order valence-corrected chi connectivity index (χ1v) is 9.92. The molecule has 0 bridgehead atoms. The molecular weight excluding hydrogens is 340 g/mol. The van der Waals surface area contributed by atoms with Crippen LogP contribution in [0.3, 0.4) is 0 Å². The maximum Gasteiger partial charge on any atom is 0.230 e. The topological polar surface area (TPSA) is 66.0 Å². The second-order valence-corrected chi connectivity index (χ2v) is 7.50. The fraction of sp³-hybridized carbons (Fsp3) is 0.619. The number of benzene rings is 1. The first-order valence-electron chi connectivity index (χ1n) is 9.92. The Bertz CT molecular complexity index is 610. The summed E-state index contributed by atoms with van der Waals surface area (Å²) in [4.78, 5) is 19.1. The Morgan fingerprint density at radius 3 is 2.48 bits per heavy atom. The van der Waals surface area contributed by atoms with E-state index in [1.807, 2.05) is 58.3 Å². The van der Waals surface area contributed by atoms with Gasteiger partial charge in [-0.25, -0.2) is 0 Å². The van der Waals surface area contributed by atoms with Crippen LogP contribution < -0.4 is 15.4 Å². The number of aliphatic imine (C=N–C) groups is 1. The van der Waals surface area contributed by atoms with E-state index in [4.69, 9.17) is 9.73 Å². The predicted octanol–water partition coefficient (Wildman–Crippen LogP) is 2.66. The van der Waals surface area contributed by atoms with Gasteiger partial charge in [-0.2, -0.15) is 0 Å². The van der Waals surface area contributed by atoms with Crippen LogP contribution in [-0.4, -0.2) is 56.6 Å². The fourth-order valence-electron chi connectivity index (χ4n) is 3.55. The molecule has 1 aromatic carbocycles. The number of amides is 1. The first kappa shape index (κ1) is 21.1. The van der Waals surface area contributed by atoms with Gasteiger partial charge in [-0.1, -0.05) is 31.0 Å². The molecule has 1 fully saturated rings. The van der Waals surface area contributed by atoms with Gasteiger partial charge in [0.2, 0.25) is 5.91 Å². The molecule has 0 spiro atoms. The Morgan fingerprint density at radius 2 is 1.89 bits per heavy atom. The van der Waals surface area contributed by atoms with Crippen molar-refractivity contribution < 1.29 is 9.53 Å². The van der Waals surface area contributed by atoms with E-state index in [2.05, 4.69) is 10.6 Å². The van der Waals surface area contributed by atoms with E-state index in [-0.39, 0.29) is 17.4 Å². The van der Waals surface area contributed by atoms with Crippen LogP contribution in [-0.2, 0) is 4.79 Å². The Hall–Kier alpha value is -2.24. The van der Waals surface area contributed by atoms with Crippen LogP contribution >= 0.6 is 0 Å². The Morgan fingerprint density at radius 1 is 1.22 bits per heavy atom. The van der Waals surface area contributed by atoms with Crippen molar-refractivity contribution in [2.24, 2.45) is 10.4 Å². The van der Waals surface area contributed by atoms with Gasteiger partial charge in [-0.05, 0) is 38.8 Å². The van der Waals surface area contributed by atoms with E-state index in [0.29, 0.717) is 13.1 Å². The molecule has 6 heteroatoms. The SMILES string of the molecule is CCNC(=NCC1(C(=O)N(C)C)CCCC1)NCC(C)Oc1ccccc1. The van der Waals surface area contributed by atoms with Gasteiger partial charge >= 0.3 is 0 Å². The number of carbonyl (C=O) groups excluding carboxylic acids is 1. The lowest BCUT2D eigenvalue weighted by Crippen LogP contribution is -2.44. The summed E-state index contributed by atoms with van der Waals surface area (Å²) in [6.45, 7) is 5.99. The molecule has 0 aliphatic heterocycles. The normalized spacial score (nSPS) is 17.3. The van der Waals surface area contributed by atoms with Crippen molar-refractivity contribution >= 4 is 11.9 Å². The molecule has 1 unspecified atom stereocenters. The van der Waals surface area contributed by atoms with Crippen molar-refractivity contribution in [3.63, 3.8) is 0 Å². The lowest BCUT2D eigenvalue weighted by atomic mass is 9.85. The average molecular weight is 375 g/mol. The Labute approximate surface area is 163 Å². The molecule has 1 aliphatic carbocycles. The van der Waals surface area contributed by atoms with E-state index in [0.717, 1.165) is 43.9 Å². The highest BCUT2D eigenvalue weighted by atomic mass is 16.5. The number of hydrogen-bond acceptors (Lipinski definition) is 3. The Balaban J connectivity index is 1.95. The molecule has 2 N–H and O–H groups in total. The molecule has 0 saturated heterocycles. The van der Waals surface area contributed by atoms with E-state index >= 15 is 0 Å². The van der Waals surface area contributed by atoms with Gasteiger partial charge < -0.3 is 20.3 Å². The zero-order valence-corrected chi connectivity index (χ0v) is 17.1. The van der Waals surface area contributed by atoms with Crippen molar-refractivity contribution in [1.29, 1.82) is 0 Å². The minimum Gasteiger partial charge on any atom is -0.489 e. The van der Waals surface area contributed by atoms with Gasteiger partial charge in [0.25, 0.3) is 0 Å². The second kappa shape index (κ2) is 10.2. The molecule has 1 saturated carbocycles. The van der Waals surface area contributed by atoms with Gasteiger partial charge in [0.15, 0.2) is 5.96 Å². The summed E-state index contributed by atoms with van der Waals surface area (Å²) in [7, 11) is 3.66. The van der Waals surface area contributed by atoms with Gasteiger partial charge in [0.1, 0.15) is 11.9 Å². The maximum atomic E-state index is 12.7. The quantitative estimate of drug-likeness (QED) is 0.542. The minimum absolute atomic E-state index is 0.0000963. The average Bonchev–Trinajstić information content (AvgIpc) is 3.14. The molecule has 1 aliphatic rings. The highest BCUT2D eigenvalue weighted by Gasteiger charge is 2.42. The lowest BCUT2D eigenvalue weighted by Gasteiger charge is -2.29. The summed E-state index contributed by atoms with van der Waals surface area (Å²) < 4.78 is 5.90. The predicted molar refractivity (Wildman–Crippen MR) is 110 cm³/mol. The summed E-state index contributed by atoms with van der Waals surface area (Å²) in [6, 6.07) is 9.80. The molecule has 0 aromatic heterocycles. The van der Waals surface area contributed by atoms with E-state index in [9.17, 15) is 4.79 Å². The number of hydrogen-bond donors (Lipinski definition) is 2. The number of carbonyl (C=O) groups is 1. The summed E-state index contributed by atoms with van der Waals surface area (Å²) in [5, 5.41) is 6.61. The highest BCUT2D eigenvalue weighted by Crippen LogP contribution is 2.39. The smallest absolute Gasteiger partial charge is 0.230 e. The second-order valence-electron chi connectivity index (χ2n) is 7.50. The zero-order valence-electron chi connectivity index (χ0n) is 17.1. The zero-order chi connectivity index (χ0) is 19.7. The molecular formula is C21H34N4O2. The third-order valence-electron chi connectivity index (χ3n) is 4.94. The summed E-state index contributed by atoms with van der Waals surface area (Å²) in [5.41, 5.74) is -0.349. The van der Waals surface area contributed by atoms with Crippen LogP contribution in [0.1, 0.15) is 39.5 Å². The van der Waals surface area contributed by atoms with Crippen LogP contribution in [0.4, 0.5) is 0 Å². The molecule has 150 valence electrons. The van der Waals surface area contributed by atoms with Gasteiger partial charge in [0, 0.05) is 20.6 Å². The monoisotopic (exact) mass is 374 g/mol. The van der Waals surface area contributed by atoms with Crippen molar-refractivity contribution in [1.82, 2.24) is 15.5 Å². The van der Waals surface area contributed by atoms with Gasteiger partial charge in [-0.15, -0.1) is 0 Å². The van der Waals surface area contributed by atoms with E-state index < -0.39 is 0 Å². The van der Waals surface area contributed by atoms with Crippen molar-refractivity contribution in [2.75, 3.05) is 33.7 Å². The molecule has 1 aromatic rings. The largest absolute Gasteiger partial charge is 0.489 e. The molecule has 6 nitrogen and oxygen atoms in total. The summed E-state index contributed by atoms with van der Waals surface area (Å²) in [6.07, 6.45) is 4.03. The number of para-hydroxylation sites is 1. The van der Waals surface area contributed by atoms with Crippen molar-refractivity contribution in [3.8, 4) is 5.75 Å². The third-order valence-corrected chi connectivity index (χ3v) is 4.94. The van der Waals surface area contributed by atoms with Gasteiger partial charge in [0.05, 0.1) is 18.5 Å². The first-order chi connectivity index (χ1) is 13.0. The molecule has 0 radical (unpaired) electrons. The number of ether oxygens (including phenoxy) is 1. The highest BCUT2D eigenvalue weighted by molar-refractivity contribution is 5.84. The number of rotatable bonds is 8. The lowest BCUT2D eigenvalue weighted by molar-refractivity contribution is -0.138. The van der Waals surface area contributed by atoms with Crippen LogP contribution in [0.25, 0.3) is 0 Å². The van der Waals surface area contributed by atoms with Crippen molar-refractivity contribution in [2.45, 2.75) is 45.6 Å². The van der Waals surface area contributed by atoms with E-state index in [1.54, 1.807) is 4.90 Å². The number of nitrogens with zero attached hydrogens (tertiary/aromatic N) is 2. The van der Waals surface area contributed by atoms with Crippen LogP contribution in [0.2, 0.25) is 0 Å². The molecule has 0 heterocycles. The molecule has 1 amide bonds. The van der Waals surface area contributed by atoms with E-state index in [1.165, 1.54) is 0 Å². The standard InChI is InChI=1S/C21H34N4O2/c1-5-22-20(23-15-17(2)27-18-11-7-6-8-12-18)24-16-21(13-9-10-14-21)19(26)25(3)4/h6-8,11-12,17H,5,9-10,13-16H2,1-4H3,(H2,22,23,24).